The van der Waals surface area contributed by atoms with Gasteiger partial charge in [0, 0.05) is 0 Å². The summed E-state index contributed by atoms with van der Waals surface area (Å²) in [6.07, 6.45) is 30.8. The molecule has 0 saturated carbocycles. The van der Waals surface area contributed by atoms with Gasteiger partial charge >= 0.3 is 0 Å². The Morgan fingerprint density at radius 1 is 0.204 bits per heavy atom. The minimum atomic E-state index is 1.21. The Morgan fingerprint density at radius 3 is 0.759 bits per heavy atom. The van der Waals surface area contributed by atoms with E-state index in [-0.39, 0.29) is 0 Å². The van der Waals surface area contributed by atoms with Crippen molar-refractivity contribution in [2.24, 2.45) is 0 Å². The zero-order valence-corrected chi connectivity index (χ0v) is 32.9. The minimum absolute atomic E-state index is 1.21. The maximum atomic E-state index is 2.39. The van der Waals surface area contributed by atoms with Gasteiger partial charge in [-0.3, -0.25) is 0 Å². The van der Waals surface area contributed by atoms with Crippen molar-refractivity contribution in [3.63, 3.8) is 0 Å². The first-order valence-electron chi connectivity index (χ1n) is 22.2. The predicted molar refractivity (Wildman–Crippen MR) is 240 cm³/mol. The van der Waals surface area contributed by atoms with Gasteiger partial charge < -0.3 is 0 Å². The zero-order chi connectivity index (χ0) is 36.4. The van der Waals surface area contributed by atoms with Crippen molar-refractivity contribution in [2.75, 3.05) is 0 Å². The molecule has 8 aromatic rings. The van der Waals surface area contributed by atoms with Crippen LogP contribution in [-0.4, -0.2) is 0 Å². The quantitative estimate of drug-likeness (QED) is 0.0458. The molecule has 0 amide bonds. The van der Waals surface area contributed by atoms with Crippen molar-refractivity contribution in [1.29, 1.82) is 0 Å². The van der Waals surface area contributed by atoms with Crippen molar-refractivity contribution in [3.8, 4) is 0 Å². The van der Waals surface area contributed by atoms with Crippen LogP contribution in [0.5, 0.6) is 0 Å². The average molecular weight is 711 g/mol. The van der Waals surface area contributed by atoms with Crippen LogP contribution < -0.4 is 0 Å². The molecule has 0 heterocycles. The molecule has 0 nitrogen and oxygen atoms in total. The van der Waals surface area contributed by atoms with Crippen LogP contribution in [0.15, 0.2) is 109 Å². The van der Waals surface area contributed by atoms with Gasteiger partial charge in [-0.2, -0.15) is 0 Å². The molecule has 0 radical (unpaired) electrons. The number of unbranched alkanes of at least 4 members (excludes halogenated alkanes) is 19. The first-order valence-corrected chi connectivity index (χ1v) is 22.2. The van der Waals surface area contributed by atoms with E-state index in [1.165, 1.54) is 217 Å². The Hall–Kier alpha value is -4.16. The van der Waals surface area contributed by atoms with Crippen LogP contribution in [0, 0.1) is 0 Å². The van der Waals surface area contributed by atoms with E-state index in [2.05, 4.69) is 109 Å². The molecule has 0 aliphatic carbocycles. The van der Waals surface area contributed by atoms with Gasteiger partial charge in [-0.05, 0) is 101 Å². The second-order valence-electron chi connectivity index (χ2n) is 16.7. The standard InChI is InChI=1S/C54H62/c1(3-5-7-9-11-13-15-17-19-23-41-29-31-47-35-33-43-25-21-27-45-37-39-49(41)53(47)51(43)45)2-4-6-8-10-12-14-16-18-20-24-42-30-32-48-36-34-44-26-22-28-46-38-40-50(42)54(48)52(44)46/h21-22,25-40H,1-20,23-24H2. The largest absolute Gasteiger partial charge is 0.0610 e. The SMILES string of the molecule is c1cc2ccc3ccc(CCCCCCCCCCCCCCCCCCCCCCc4ccc5ccc6cccc7ccc4c5c67)c4ccc(c1)c2c34. The van der Waals surface area contributed by atoms with Gasteiger partial charge in [-0.25, -0.2) is 0 Å². The van der Waals surface area contributed by atoms with Crippen LogP contribution in [0.4, 0.5) is 0 Å². The highest BCUT2D eigenvalue weighted by molar-refractivity contribution is 6.24. The fourth-order valence-corrected chi connectivity index (χ4v) is 9.84. The van der Waals surface area contributed by atoms with Gasteiger partial charge in [0.1, 0.15) is 0 Å². The van der Waals surface area contributed by atoms with Gasteiger partial charge in [0.15, 0.2) is 0 Å². The van der Waals surface area contributed by atoms with E-state index in [0.717, 1.165) is 0 Å². The van der Waals surface area contributed by atoms with E-state index >= 15 is 0 Å². The summed E-state index contributed by atoms with van der Waals surface area (Å²) in [5, 5.41) is 17.0. The second kappa shape index (κ2) is 18.4. The molecular weight excluding hydrogens is 649 g/mol. The summed E-state index contributed by atoms with van der Waals surface area (Å²) >= 11 is 0. The van der Waals surface area contributed by atoms with Crippen molar-refractivity contribution in [1.82, 2.24) is 0 Å². The molecule has 8 rings (SSSR count). The first kappa shape index (κ1) is 36.8. The molecule has 0 spiro atoms. The van der Waals surface area contributed by atoms with Gasteiger partial charge in [0.25, 0.3) is 0 Å². The van der Waals surface area contributed by atoms with Gasteiger partial charge in [-0.1, -0.05) is 225 Å². The van der Waals surface area contributed by atoms with Gasteiger partial charge in [0.05, 0.1) is 0 Å². The Balaban J connectivity index is 0.600. The number of benzene rings is 8. The monoisotopic (exact) mass is 710 g/mol. The van der Waals surface area contributed by atoms with Crippen molar-refractivity contribution >= 4 is 64.6 Å². The van der Waals surface area contributed by atoms with Crippen LogP contribution >= 0.6 is 0 Å². The smallest absolute Gasteiger partial charge is 0.00240 e. The predicted octanol–water partition coefficient (Wildman–Crippen LogP) is 17.1. The summed E-state index contributed by atoms with van der Waals surface area (Å²) in [7, 11) is 0. The summed E-state index contributed by atoms with van der Waals surface area (Å²) in [5.74, 6) is 0. The molecule has 0 aliphatic heterocycles. The third kappa shape index (κ3) is 8.54. The third-order valence-corrected chi connectivity index (χ3v) is 12.9. The molecule has 8 aromatic carbocycles. The minimum Gasteiger partial charge on any atom is -0.0610 e. The van der Waals surface area contributed by atoms with E-state index in [9.17, 15) is 0 Å². The molecular formula is C54H62. The normalized spacial score (nSPS) is 12.2. The fraction of sp³-hybridized carbons (Fsp3) is 0.407. The van der Waals surface area contributed by atoms with Crippen LogP contribution in [0.1, 0.15) is 140 Å². The number of aryl methyl sites for hydroxylation is 2. The van der Waals surface area contributed by atoms with E-state index in [0.29, 0.717) is 0 Å². The molecule has 54 heavy (non-hydrogen) atoms. The Bertz CT molecular complexity index is 2160. The summed E-state index contributed by atoms with van der Waals surface area (Å²) in [5.41, 5.74) is 3.07. The van der Waals surface area contributed by atoms with E-state index < -0.39 is 0 Å². The summed E-state index contributed by atoms with van der Waals surface area (Å²) in [6, 6.07) is 41.5. The Labute approximate surface area is 325 Å². The maximum Gasteiger partial charge on any atom is -0.00240 e. The van der Waals surface area contributed by atoms with Crippen LogP contribution in [-0.2, 0) is 12.8 Å². The van der Waals surface area contributed by atoms with E-state index in [1.54, 1.807) is 0 Å². The Kier molecular flexibility index (Phi) is 12.6. The lowest BCUT2D eigenvalue weighted by atomic mass is 9.90. The number of hydrogen-bond donors (Lipinski definition) is 0. The lowest BCUT2D eigenvalue weighted by molar-refractivity contribution is 0.521. The van der Waals surface area contributed by atoms with Crippen LogP contribution in [0.25, 0.3) is 64.6 Å². The lowest BCUT2D eigenvalue weighted by Crippen LogP contribution is -1.91. The number of rotatable bonds is 23. The molecule has 0 N–H and O–H groups in total. The number of hydrogen-bond acceptors (Lipinski definition) is 0. The second-order valence-corrected chi connectivity index (χ2v) is 16.7. The molecule has 0 fully saturated rings. The highest BCUT2D eigenvalue weighted by Gasteiger charge is 2.12. The maximum absolute atomic E-state index is 2.39. The van der Waals surface area contributed by atoms with Crippen LogP contribution in [0.3, 0.4) is 0 Å². The van der Waals surface area contributed by atoms with E-state index in [4.69, 9.17) is 0 Å². The lowest BCUT2D eigenvalue weighted by Gasteiger charge is -2.14. The van der Waals surface area contributed by atoms with Crippen molar-refractivity contribution in [2.45, 2.75) is 141 Å². The molecule has 0 bridgehead atoms. The fourth-order valence-electron chi connectivity index (χ4n) is 9.84. The highest BCUT2D eigenvalue weighted by atomic mass is 14.2. The van der Waals surface area contributed by atoms with Crippen molar-refractivity contribution < 1.29 is 0 Å². The van der Waals surface area contributed by atoms with Gasteiger partial charge in [0.2, 0.25) is 0 Å². The van der Waals surface area contributed by atoms with E-state index in [1.807, 2.05) is 0 Å². The molecule has 0 unspecified atom stereocenters. The third-order valence-electron chi connectivity index (χ3n) is 12.9. The Morgan fingerprint density at radius 2 is 0.444 bits per heavy atom. The molecule has 0 atom stereocenters. The van der Waals surface area contributed by atoms with Gasteiger partial charge in [-0.15, -0.1) is 0 Å². The summed E-state index contributed by atoms with van der Waals surface area (Å²) < 4.78 is 0. The van der Waals surface area contributed by atoms with Crippen molar-refractivity contribution in [3.05, 3.63) is 120 Å². The molecule has 0 saturated heterocycles. The van der Waals surface area contributed by atoms with Crippen LogP contribution in [0.2, 0.25) is 0 Å². The first-order chi connectivity index (χ1) is 26.8. The summed E-state index contributed by atoms with van der Waals surface area (Å²) in [6.45, 7) is 0. The molecule has 278 valence electrons. The average Bonchev–Trinajstić information content (AvgIpc) is 3.21. The highest BCUT2D eigenvalue weighted by Crippen LogP contribution is 2.38. The molecule has 0 aliphatic rings. The summed E-state index contributed by atoms with van der Waals surface area (Å²) in [4.78, 5) is 0. The zero-order valence-electron chi connectivity index (χ0n) is 32.9. The molecule has 0 heteroatoms. The topological polar surface area (TPSA) is 0 Å². The molecule has 0 aromatic heterocycles.